The standard InChI is InChI=1S/C20H32N4O2S.HI/c1-21-20(22-14-18-4-3-13-27-18)23-15-19(24-9-11-26-12-10-24)16-5-7-17(25-2)8-6-16;/h5-8,18-19H,3-4,9-15H2,1-2H3,(H2,21,22,23);1H. The summed E-state index contributed by atoms with van der Waals surface area (Å²) in [5.74, 6) is 3.06. The molecule has 0 radical (unpaired) electrons. The first-order valence-electron chi connectivity index (χ1n) is 9.82. The molecular formula is C20H33IN4O2S. The summed E-state index contributed by atoms with van der Waals surface area (Å²) >= 11 is 2.06. The minimum Gasteiger partial charge on any atom is -0.497 e. The van der Waals surface area contributed by atoms with E-state index in [-0.39, 0.29) is 30.0 Å². The van der Waals surface area contributed by atoms with Crippen molar-refractivity contribution in [1.29, 1.82) is 0 Å². The quantitative estimate of drug-likeness (QED) is 0.328. The molecule has 2 aliphatic rings. The Bertz CT molecular complexity index is 590. The topological polar surface area (TPSA) is 58.1 Å². The first-order chi connectivity index (χ1) is 13.3. The van der Waals surface area contributed by atoms with Crippen molar-refractivity contribution in [3.8, 4) is 5.75 Å². The molecule has 2 fully saturated rings. The van der Waals surface area contributed by atoms with E-state index in [4.69, 9.17) is 9.47 Å². The largest absolute Gasteiger partial charge is 0.497 e. The Balaban J connectivity index is 0.00000280. The van der Waals surface area contributed by atoms with Gasteiger partial charge in [-0.15, -0.1) is 24.0 Å². The van der Waals surface area contributed by atoms with E-state index in [1.165, 1.54) is 24.2 Å². The molecule has 0 aromatic heterocycles. The second kappa shape index (κ2) is 12.8. The van der Waals surface area contributed by atoms with E-state index >= 15 is 0 Å². The fraction of sp³-hybridized carbons (Fsp3) is 0.650. The zero-order valence-electron chi connectivity index (χ0n) is 16.9. The highest BCUT2D eigenvalue weighted by atomic mass is 127. The van der Waals surface area contributed by atoms with E-state index in [1.807, 2.05) is 19.2 Å². The average Bonchev–Trinajstić information content (AvgIpc) is 3.25. The number of rotatable bonds is 7. The lowest BCUT2D eigenvalue weighted by Crippen LogP contribution is -2.47. The number of halogens is 1. The molecule has 0 spiro atoms. The third-order valence-corrected chi connectivity index (χ3v) is 6.59. The van der Waals surface area contributed by atoms with E-state index in [0.717, 1.165) is 51.1 Å². The third-order valence-electron chi connectivity index (χ3n) is 5.19. The van der Waals surface area contributed by atoms with Crippen LogP contribution in [0.3, 0.4) is 0 Å². The van der Waals surface area contributed by atoms with Crippen molar-refractivity contribution < 1.29 is 9.47 Å². The Hall–Kier alpha value is -0.710. The van der Waals surface area contributed by atoms with Gasteiger partial charge in [0.15, 0.2) is 5.96 Å². The first kappa shape index (κ1) is 23.6. The van der Waals surface area contributed by atoms with Crippen molar-refractivity contribution in [2.45, 2.75) is 24.1 Å². The van der Waals surface area contributed by atoms with Crippen LogP contribution in [0.5, 0.6) is 5.75 Å². The van der Waals surface area contributed by atoms with E-state index in [1.54, 1.807) is 7.11 Å². The number of benzene rings is 1. The Morgan fingerprint density at radius 1 is 1.29 bits per heavy atom. The highest BCUT2D eigenvalue weighted by Crippen LogP contribution is 2.25. The Morgan fingerprint density at radius 2 is 2.04 bits per heavy atom. The lowest BCUT2D eigenvalue weighted by atomic mass is 10.0. The van der Waals surface area contributed by atoms with Crippen molar-refractivity contribution >= 4 is 41.7 Å². The molecule has 1 aromatic rings. The summed E-state index contributed by atoms with van der Waals surface area (Å²) in [7, 11) is 3.54. The molecule has 3 rings (SSSR count). The zero-order valence-corrected chi connectivity index (χ0v) is 20.0. The van der Waals surface area contributed by atoms with Crippen LogP contribution in [-0.2, 0) is 4.74 Å². The van der Waals surface area contributed by atoms with E-state index in [9.17, 15) is 0 Å². The molecule has 6 nitrogen and oxygen atoms in total. The molecule has 2 N–H and O–H groups in total. The van der Waals surface area contributed by atoms with Crippen LogP contribution in [0.2, 0.25) is 0 Å². The number of thioether (sulfide) groups is 1. The molecule has 8 heteroatoms. The highest BCUT2D eigenvalue weighted by Gasteiger charge is 2.23. The minimum absolute atomic E-state index is 0. The van der Waals surface area contributed by atoms with Gasteiger partial charge in [-0.25, -0.2) is 0 Å². The number of methoxy groups -OCH3 is 1. The van der Waals surface area contributed by atoms with Crippen molar-refractivity contribution in [3.63, 3.8) is 0 Å². The van der Waals surface area contributed by atoms with Gasteiger partial charge in [-0.05, 0) is 36.3 Å². The van der Waals surface area contributed by atoms with Gasteiger partial charge in [-0.1, -0.05) is 12.1 Å². The van der Waals surface area contributed by atoms with Gasteiger partial charge >= 0.3 is 0 Å². The second-order valence-corrected chi connectivity index (χ2v) is 8.31. The molecule has 0 amide bonds. The SMILES string of the molecule is CN=C(NCC1CCCS1)NCC(c1ccc(OC)cc1)N1CCOCC1.I. The molecule has 2 heterocycles. The molecule has 28 heavy (non-hydrogen) atoms. The summed E-state index contributed by atoms with van der Waals surface area (Å²) < 4.78 is 10.9. The highest BCUT2D eigenvalue weighted by molar-refractivity contribution is 14.0. The van der Waals surface area contributed by atoms with Crippen LogP contribution in [-0.4, -0.2) is 75.4 Å². The maximum atomic E-state index is 5.54. The molecule has 1 aromatic carbocycles. The molecular weight excluding hydrogens is 487 g/mol. The van der Waals surface area contributed by atoms with Crippen LogP contribution in [0.1, 0.15) is 24.4 Å². The van der Waals surface area contributed by atoms with Crippen LogP contribution >= 0.6 is 35.7 Å². The molecule has 2 atom stereocenters. The summed E-state index contributed by atoms with van der Waals surface area (Å²) in [6.07, 6.45) is 2.64. The number of ether oxygens (including phenoxy) is 2. The van der Waals surface area contributed by atoms with Gasteiger partial charge in [-0.2, -0.15) is 11.8 Å². The molecule has 2 aliphatic heterocycles. The summed E-state index contributed by atoms with van der Waals surface area (Å²) in [6, 6.07) is 8.66. The number of morpholine rings is 1. The monoisotopic (exact) mass is 520 g/mol. The van der Waals surface area contributed by atoms with Crippen LogP contribution in [0.15, 0.2) is 29.3 Å². The van der Waals surface area contributed by atoms with Gasteiger partial charge in [0.1, 0.15) is 5.75 Å². The van der Waals surface area contributed by atoms with Crippen molar-refractivity contribution in [2.24, 2.45) is 4.99 Å². The predicted octanol–water partition coefficient (Wildman–Crippen LogP) is 2.75. The van der Waals surface area contributed by atoms with Gasteiger partial charge in [0.05, 0.1) is 26.4 Å². The zero-order chi connectivity index (χ0) is 18.9. The Morgan fingerprint density at radius 3 is 2.64 bits per heavy atom. The molecule has 158 valence electrons. The van der Waals surface area contributed by atoms with Gasteiger partial charge < -0.3 is 20.1 Å². The molecule has 2 saturated heterocycles. The van der Waals surface area contributed by atoms with Gasteiger partial charge in [0.25, 0.3) is 0 Å². The van der Waals surface area contributed by atoms with Crippen LogP contribution in [0, 0.1) is 0 Å². The molecule has 0 saturated carbocycles. The van der Waals surface area contributed by atoms with Crippen LogP contribution < -0.4 is 15.4 Å². The predicted molar refractivity (Wildman–Crippen MR) is 128 cm³/mol. The lowest BCUT2D eigenvalue weighted by molar-refractivity contribution is 0.0170. The fourth-order valence-corrected chi connectivity index (χ4v) is 4.80. The third kappa shape index (κ3) is 6.96. The van der Waals surface area contributed by atoms with Crippen LogP contribution in [0.25, 0.3) is 0 Å². The smallest absolute Gasteiger partial charge is 0.191 e. The minimum atomic E-state index is 0. The van der Waals surface area contributed by atoms with E-state index in [0.29, 0.717) is 5.25 Å². The number of aliphatic imine (C=N–C) groups is 1. The summed E-state index contributed by atoms with van der Waals surface area (Å²) in [5.41, 5.74) is 1.28. The van der Waals surface area contributed by atoms with Crippen molar-refractivity contribution in [1.82, 2.24) is 15.5 Å². The average molecular weight is 520 g/mol. The summed E-state index contributed by atoms with van der Waals surface area (Å²) in [5, 5.41) is 7.74. The summed E-state index contributed by atoms with van der Waals surface area (Å²) in [4.78, 5) is 6.89. The lowest BCUT2D eigenvalue weighted by Gasteiger charge is -2.35. The fourth-order valence-electron chi connectivity index (χ4n) is 3.60. The number of hydrogen-bond acceptors (Lipinski definition) is 5. The van der Waals surface area contributed by atoms with E-state index < -0.39 is 0 Å². The second-order valence-electron chi connectivity index (χ2n) is 6.91. The maximum Gasteiger partial charge on any atom is 0.191 e. The van der Waals surface area contributed by atoms with Gasteiger partial charge in [0.2, 0.25) is 0 Å². The van der Waals surface area contributed by atoms with Gasteiger partial charge in [-0.3, -0.25) is 9.89 Å². The first-order valence-corrected chi connectivity index (χ1v) is 10.9. The number of nitrogens with one attached hydrogen (secondary N) is 2. The van der Waals surface area contributed by atoms with Gasteiger partial charge in [0, 0.05) is 38.5 Å². The normalized spacial score (nSPS) is 21.6. The molecule has 0 aliphatic carbocycles. The number of guanidine groups is 1. The Labute approximate surface area is 190 Å². The van der Waals surface area contributed by atoms with Crippen molar-refractivity contribution in [3.05, 3.63) is 29.8 Å². The molecule has 2 unspecified atom stereocenters. The van der Waals surface area contributed by atoms with Crippen LogP contribution in [0.4, 0.5) is 0 Å². The van der Waals surface area contributed by atoms with E-state index in [2.05, 4.69) is 44.4 Å². The number of nitrogens with zero attached hydrogens (tertiary/aromatic N) is 2. The van der Waals surface area contributed by atoms with Crippen molar-refractivity contribution in [2.75, 3.05) is 59.3 Å². The maximum absolute atomic E-state index is 5.54. The summed E-state index contributed by atoms with van der Waals surface area (Å²) in [6.45, 7) is 5.27. The Kier molecular flexibility index (Phi) is 10.7. The molecule has 0 bridgehead atoms. The number of hydrogen-bond donors (Lipinski definition) is 2.